The van der Waals surface area contributed by atoms with E-state index in [1.54, 1.807) is 0 Å². The number of hydrazone groups is 2. The summed E-state index contributed by atoms with van der Waals surface area (Å²) in [4.78, 5) is 0. The molecule has 0 spiro atoms. The molecule has 0 heterocycles. The van der Waals surface area contributed by atoms with E-state index in [2.05, 4.69) is 57.4 Å². The van der Waals surface area contributed by atoms with Crippen molar-refractivity contribution in [1.82, 2.24) is 10.9 Å². The van der Waals surface area contributed by atoms with Crippen LogP contribution in [0.25, 0.3) is 0 Å². The van der Waals surface area contributed by atoms with Gasteiger partial charge in [-0.25, -0.2) is 10.9 Å². The molecule has 0 saturated carbocycles. The van der Waals surface area contributed by atoms with Crippen molar-refractivity contribution >= 4 is 61.0 Å². The molecule has 2 aromatic rings. The second-order valence-electron chi connectivity index (χ2n) is 5.06. The number of guanidine groups is 1. The van der Waals surface area contributed by atoms with Crippen LogP contribution in [0.4, 0.5) is 0 Å². The summed E-state index contributed by atoms with van der Waals surface area (Å²) in [6.45, 7) is 3.77. The Morgan fingerprint density at radius 2 is 1.12 bits per heavy atom. The molecule has 0 aliphatic heterocycles. The van der Waals surface area contributed by atoms with Crippen LogP contribution in [-0.4, -0.2) is 17.4 Å². The van der Waals surface area contributed by atoms with Crippen molar-refractivity contribution in [2.45, 2.75) is 13.8 Å². The van der Waals surface area contributed by atoms with E-state index in [0.717, 1.165) is 31.5 Å². The second-order valence-corrected chi connectivity index (χ2v) is 7.07. The summed E-state index contributed by atoms with van der Waals surface area (Å²) in [5, 5.41) is 8.51. The third-order valence-corrected chi connectivity index (χ3v) is 4.49. The average molecular weight is 486 g/mol. The van der Waals surface area contributed by atoms with Gasteiger partial charge >= 0.3 is 0 Å². The standard InChI is InChI=1S/C17H16Br2ClN5/c1-11(13-3-7-15(18)8-4-13)22-24-17(21-20)25-23-12(2)14-5-9-16(19)10-6-14/h3-10H,1-2H3,(H2,21,24,25)/b22-11+,23-12+. The molecule has 0 bridgehead atoms. The van der Waals surface area contributed by atoms with Crippen molar-refractivity contribution in [3.05, 3.63) is 68.6 Å². The van der Waals surface area contributed by atoms with E-state index in [0.29, 0.717) is 0 Å². The Morgan fingerprint density at radius 1 is 0.760 bits per heavy atom. The summed E-state index contributed by atoms with van der Waals surface area (Å²) in [6, 6.07) is 15.7. The van der Waals surface area contributed by atoms with E-state index >= 15 is 0 Å². The van der Waals surface area contributed by atoms with E-state index < -0.39 is 0 Å². The quantitative estimate of drug-likeness (QED) is 0.362. The number of hydrogen-bond donors (Lipinski definition) is 2. The number of hydrogen-bond acceptors (Lipinski definition) is 3. The molecule has 0 aliphatic carbocycles. The molecule has 0 radical (unpaired) electrons. The van der Waals surface area contributed by atoms with Crippen molar-refractivity contribution < 1.29 is 0 Å². The van der Waals surface area contributed by atoms with Gasteiger partial charge in [-0.05, 0) is 49.2 Å². The number of nitrogens with one attached hydrogen (secondary N) is 2. The molecule has 2 N–H and O–H groups in total. The molecule has 8 heteroatoms. The Bertz CT molecular complexity index is 733. The number of benzene rings is 2. The molecule has 2 rings (SSSR count). The molecule has 0 saturated heterocycles. The monoisotopic (exact) mass is 483 g/mol. The van der Waals surface area contributed by atoms with Gasteiger partial charge in [-0.1, -0.05) is 56.1 Å². The Balaban J connectivity index is 2.00. The van der Waals surface area contributed by atoms with E-state index in [4.69, 9.17) is 11.8 Å². The van der Waals surface area contributed by atoms with Gasteiger partial charge in [0.25, 0.3) is 0 Å². The lowest BCUT2D eigenvalue weighted by Gasteiger charge is -2.07. The lowest BCUT2D eigenvalue weighted by atomic mass is 10.1. The van der Waals surface area contributed by atoms with Crippen molar-refractivity contribution in [3.63, 3.8) is 0 Å². The van der Waals surface area contributed by atoms with Gasteiger partial charge in [0.15, 0.2) is 0 Å². The van der Waals surface area contributed by atoms with Gasteiger partial charge in [-0.2, -0.15) is 10.2 Å². The van der Waals surface area contributed by atoms with Gasteiger partial charge in [-0.3, -0.25) is 0 Å². The third-order valence-electron chi connectivity index (χ3n) is 3.27. The van der Waals surface area contributed by atoms with Gasteiger partial charge < -0.3 is 0 Å². The van der Waals surface area contributed by atoms with Crippen LogP contribution in [0.5, 0.6) is 0 Å². The highest BCUT2D eigenvalue weighted by molar-refractivity contribution is 9.10. The van der Waals surface area contributed by atoms with Crippen molar-refractivity contribution in [1.29, 1.82) is 0 Å². The van der Waals surface area contributed by atoms with Crippen LogP contribution in [0.1, 0.15) is 25.0 Å². The van der Waals surface area contributed by atoms with Crippen LogP contribution in [0.2, 0.25) is 0 Å². The Morgan fingerprint density at radius 3 is 1.44 bits per heavy atom. The summed E-state index contributed by atoms with van der Waals surface area (Å²) in [7, 11) is 0. The lowest BCUT2D eigenvalue weighted by molar-refractivity contribution is 0.902. The van der Waals surface area contributed by atoms with Crippen molar-refractivity contribution in [2.75, 3.05) is 0 Å². The van der Waals surface area contributed by atoms with Crippen molar-refractivity contribution in [3.8, 4) is 0 Å². The van der Waals surface area contributed by atoms with Crippen molar-refractivity contribution in [2.24, 2.45) is 14.7 Å². The molecule has 5 nitrogen and oxygen atoms in total. The van der Waals surface area contributed by atoms with E-state index in [9.17, 15) is 0 Å². The van der Waals surface area contributed by atoms with E-state index in [1.807, 2.05) is 62.4 Å². The van der Waals surface area contributed by atoms with Crippen LogP contribution in [0.15, 0.2) is 72.2 Å². The topological polar surface area (TPSA) is 61.1 Å². The molecule has 0 unspecified atom stereocenters. The maximum atomic E-state index is 5.58. The Kier molecular flexibility index (Phi) is 7.61. The van der Waals surface area contributed by atoms with Gasteiger partial charge in [0.1, 0.15) is 0 Å². The zero-order chi connectivity index (χ0) is 18.2. The molecule has 25 heavy (non-hydrogen) atoms. The SMILES string of the molecule is C/C(=N\NC(=NCl)N/N=C(\C)c1ccc(Br)cc1)c1ccc(Br)cc1. The molecule has 0 aromatic heterocycles. The Labute approximate surface area is 168 Å². The highest BCUT2D eigenvalue weighted by Crippen LogP contribution is 2.12. The van der Waals surface area contributed by atoms with Gasteiger partial charge in [0.05, 0.1) is 11.4 Å². The van der Waals surface area contributed by atoms with Gasteiger partial charge in [-0.15, -0.1) is 4.51 Å². The van der Waals surface area contributed by atoms with Crippen LogP contribution in [0.3, 0.4) is 0 Å². The molecule has 2 aromatic carbocycles. The summed E-state index contributed by atoms with van der Waals surface area (Å²) >= 11 is 12.4. The zero-order valence-electron chi connectivity index (χ0n) is 13.6. The van der Waals surface area contributed by atoms with Crippen LogP contribution >= 0.6 is 43.6 Å². The predicted octanol–water partition coefficient (Wildman–Crippen LogP) is 5.05. The minimum atomic E-state index is 0.231. The highest BCUT2D eigenvalue weighted by Gasteiger charge is 2.01. The molecule has 0 amide bonds. The highest BCUT2D eigenvalue weighted by atomic mass is 79.9. The molecule has 0 fully saturated rings. The molecule has 0 atom stereocenters. The third kappa shape index (κ3) is 6.26. The minimum absolute atomic E-state index is 0.231. The zero-order valence-corrected chi connectivity index (χ0v) is 17.5. The number of nitrogens with zero attached hydrogens (tertiary/aromatic N) is 3. The summed E-state index contributed by atoms with van der Waals surface area (Å²) < 4.78 is 5.61. The van der Waals surface area contributed by atoms with E-state index in [1.165, 1.54) is 0 Å². The second kappa shape index (κ2) is 9.70. The molecular formula is C17H16Br2ClN5. The smallest absolute Gasteiger partial charge is 0.245 e. The number of rotatable bonds is 4. The fourth-order valence-electron chi connectivity index (χ4n) is 1.85. The van der Waals surface area contributed by atoms with Crippen LogP contribution < -0.4 is 10.9 Å². The lowest BCUT2D eigenvalue weighted by Crippen LogP contribution is -2.31. The van der Waals surface area contributed by atoms with Crippen LogP contribution in [-0.2, 0) is 0 Å². The largest absolute Gasteiger partial charge is 0.250 e. The first-order valence-corrected chi connectivity index (χ1v) is 9.23. The maximum absolute atomic E-state index is 5.58. The summed E-state index contributed by atoms with van der Waals surface area (Å²) in [5.74, 6) is 0.231. The first-order valence-electron chi connectivity index (χ1n) is 7.31. The van der Waals surface area contributed by atoms with Crippen LogP contribution in [0, 0.1) is 0 Å². The first kappa shape index (κ1) is 19.6. The summed E-state index contributed by atoms with van der Waals surface area (Å²) in [6.07, 6.45) is 0. The minimum Gasteiger partial charge on any atom is -0.245 e. The normalized spacial score (nSPS) is 11.9. The molecule has 130 valence electrons. The average Bonchev–Trinajstić information content (AvgIpc) is 2.62. The molecule has 0 aliphatic rings. The predicted molar refractivity (Wildman–Crippen MR) is 112 cm³/mol. The summed E-state index contributed by atoms with van der Waals surface area (Å²) in [5.41, 5.74) is 9.09. The van der Waals surface area contributed by atoms with E-state index in [-0.39, 0.29) is 5.96 Å². The number of halogens is 3. The fraction of sp³-hybridized carbons (Fsp3) is 0.118. The van der Waals surface area contributed by atoms with Gasteiger partial charge in [0, 0.05) is 20.7 Å². The molecular weight excluding hydrogens is 469 g/mol. The first-order chi connectivity index (χ1) is 12.0. The maximum Gasteiger partial charge on any atom is 0.250 e. The Hall–Kier alpha value is -1.70. The van der Waals surface area contributed by atoms with Gasteiger partial charge in [0.2, 0.25) is 5.96 Å². The fourth-order valence-corrected chi connectivity index (χ4v) is 2.45.